The highest BCUT2D eigenvalue weighted by Gasteiger charge is 2.05. The van der Waals surface area contributed by atoms with Crippen LogP contribution in [0, 0.1) is 0 Å². The van der Waals surface area contributed by atoms with Crippen LogP contribution in [0.4, 0.5) is 0 Å². The summed E-state index contributed by atoms with van der Waals surface area (Å²) in [5.74, 6) is 0.940. The fourth-order valence-corrected chi connectivity index (χ4v) is 1.40. The lowest BCUT2D eigenvalue weighted by molar-refractivity contribution is 0.412. The quantitative estimate of drug-likeness (QED) is 0.811. The Morgan fingerprint density at radius 2 is 2.13 bits per heavy atom. The second kappa shape index (κ2) is 4.00. The van der Waals surface area contributed by atoms with Gasteiger partial charge in [-0.1, -0.05) is 6.07 Å². The number of ether oxygens (including phenoxy) is 1. The molecule has 3 nitrogen and oxygen atoms in total. The van der Waals surface area contributed by atoms with Gasteiger partial charge in [-0.15, -0.1) is 0 Å². The van der Waals surface area contributed by atoms with E-state index in [1.54, 1.807) is 37.7 Å². The van der Waals surface area contributed by atoms with Crippen molar-refractivity contribution in [2.75, 3.05) is 7.11 Å². The molecule has 1 aromatic heterocycles. The van der Waals surface area contributed by atoms with Crippen LogP contribution < -0.4 is 4.74 Å². The van der Waals surface area contributed by atoms with Crippen molar-refractivity contribution in [2.45, 2.75) is 0 Å². The van der Waals surface area contributed by atoms with Crippen molar-refractivity contribution in [3.05, 3.63) is 42.7 Å². The van der Waals surface area contributed by atoms with Crippen molar-refractivity contribution in [3.63, 3.8) is 0 Å². The van der Waals surface area contributed by atoms with Crippen LogP contribution in [0.1, 0.15) is 0 Å². The third kappa shape index (κ3) is 1.91. The Morgan fingerprint density at radius 1 is 1.27 bits per heavy atom. The van der Waals surface area contributed by atoms with Gasteiger partial charge >= 0.3 is 0 Å². The molecule has 15 heavy (non-hydrogen) atoms. The molecule has 0 saturated heterocycles. The summed E-state index contributed by atoms with van der Waals surface area (Å²) in [7, 11) is 1.60. The van der Waals surface area contributed by atoms with Crippen LogP contribution in [-0.2, 0) is 0 Å². The largest absolute Gasteiger partial charge is 0.507 e. The number of aromatic hydroxyl groups is 1. The standard InChI is InChI=1S/C12H11NO2/c1-15-10-4-5-12(14)11(7-10)9-3-2-6-13-8-9/h2-8,14H,1H3. The molecule has 0 aliphatic rings. The first-order chi connectivity index (χ1) is 7.31. The third-order valence-electron chi connectivity index (χ3n) is 2.18. The summed E-state index contributed by atoms with van der Waals surface area (Å²) in [6.45, 7) is 0. The van der Waals surface area contributed by atoms with E-state index in [0.717, 1.165) is 11.1 Å². The van der Waals surface area contributed by atoms with Crippen LogP contribution in [0.15, 0.2) is 42.7 Å². The topological polar surface area (TPSA) is 42.4 Å². The lowest BCUT2D eigenvalue weighted by Crippen LogP contribution is -1.85. The monoisotopic (exact) mass is 201 g/mol. The summed E-state index contributed by atoms with van der Waals surface area (Å²) in [4.78, 5) is 4.01. The van der Waals surface area contributed by atoms with Crippen molar-refractivity contribution < 1.29 is 9.84 Å². The van der Waals surface area contributed by atoms with Gasteiger partial charge in [0, 0.05) is 23.5 Å². The molecule has 0 aliphatic carbocycles. The molecule has 0 radical (unpaired) electrons. The van der Waals surface area contributed by atoms with Gasteiger partial charge < -0.3 is 9.84 Å². The molecule has 1 N–H and O–H groups in total. The highest BCUT2D eigenvalue weighted by atomic mass is 16.5. The lowest BCUT2D eigenvalue weighted by Gasteiger charge is -2.06. The van der Waals surface area contributed by atoms with Crippen molar-refractivity contribution in [2.24, 2.45) is 0 Å². The minimum Gasteiger partial charge on any atom is -0.507 e. The van der Waals surface area contributed by atoms with Gasteiger partial charge in [0.2, 0.25) is 0 Å². The van der Waals surface area contributed by atoms with E-state index >= 15 is 0 Å². The van der Waals surface area contributed by atoms with Gasteiger partial charge in [-0.05, 0) is 24.3 Å². The van der Waals surface area contributed by atoms with Gasteiger partial charge in [-0.25, -0.2) is 0 Å². The molecule has 2 aromatic rings. The zero-order valence-electron chi connectivity index (χ0n) is 8.34. The van der Waals surface area contributed by atoms with E-state index in [4.69, 9.17) is 4.74 Å². The second-order valence-electron chi connectivity index (χ2n) is 3.12. The lowest BCUT2D eigenvalue weighted by atomic mass is 10.1. The average Bonchev–Trinajstić information content (AvgIpc) is 2.31. The van der Waals surface area contributed by atoms with Crippen LogP contribution in [0.25, 0.3) is 11.1 Å². The van der Waals surface area contributed by atoms with Crippen molar-refractivity contribution in [1.82, 2.24) is 4.98 Å². The Morgan fingerprint density at radius 3 is 2.80 bits per heavy atom. The average molecular weight is 201 g/mol. The number of hydrogen-bond acceptors (Lipinski definition) is 3. The normalized spacial score (nSPS) is 9.93. The summed E-state index contributed by atoms with van der Waals surface area (Å²) in [6, 6.07) is 8.83. The maximum Gasteiger partial charge on any atom is 0.123 e. The van der Waals surface area contributed by atoms with Crippen molar-refractivity contribution in [1.29, 1.82) is 0 Å². The first kappa shape index (κ1) is 9.52. The molecule has 0 spiro atoms. The summed E-state index contributed by atoms with van der Waals surface area (Å²) in [5.41, 5.74) is 1.59. The summed E-state index contributed by atoms with van der Waals surface area (Å²) in [5, 5.41) is 9.70. The molecule has 0 amide bonds. The first-order valence-electron chi connectivity index (χ1n) is 4.58. The molecular weight excluding hydrogens is 190 g/mol. The van der Waals surface area contributed by atoms with Gasteiger partial charge in [0.05, 0.1) is 7.11 Å². The molecule has 76 valence electrons. The number of phenols is 1. The summed E-state index contributed by atoms with van der Waals surface area (Å²) in [6.07, 6.45) is 3.40. The van der Waals surface area contributed by atoms with Gasteiger partial charge in [0.15, 0.2) is 0 Å². The van der Waals surface area contributed by atoms with Crippen molar-refractivity contribution >= 4 is 0 Å². The molecule has 0 atom stereocenters. The molecule has 1 aromatic carbocycles. The Kier molecular flexibility index (Phi) is 2.54. The number of aromatic nitrogens is 1. The summed E-state index contributed by atoms with van der Waals surface area (Å²) >= 11 is 0. The molecule has 0 aliphatic heterocycles. The molecule has 0 saturated carbocycles. The minimum absolute atomic E-state index is 0.226. The van der Waals surface area contributed by atoms with Crippen LogP contribution in [-0.4, -0.2) is 17.2 Å². The van der Waals surface area contributed by atoms with Crippen LogP contribution in [0.2, 0.25) is 0 Å². The van der Waals surface area contributed by atoms with E-state index in [-0.39, 0.29) is 5.75 Å². The van der Waals surface area contributed by atoms with Gasteiger partial charge in [-0.2, -0.15) is 0 Å². The molecule has 3 heteroatoms. The van der Waals surface area contributed by atoms with Gasteiger partial charge in [-0.3, -0.25) is 4.98 Å². The highest BCUT2D eigenvalue weighted by molar-refractivity contribution is 5.70. The van der Waals surface area contributed by atoms with Crippen molar-refractivity contribution in [3.8, 4) is 22.6 Å². The minimum atomic E-state index is 0.226. The zero-order chi connectivity index (χ0) is 10.7. The van der Waals surface area contributed by atoms with E-state index in [2.05, 4.69) is 4.98 Å². The zero-order valence-corrected chi connectivity index (χ0v) is 8.34. The summed E-state index contributed by atoms with van der Waals surface area (Å²) < 4.78 is 5.10. The van der Waals surface area contributed by atoms with E-state index in [0.29, 0.717) is 5.75 Å². The molecular formula is C12H11NO2. The number of phenolic OH excluding ortho intramolecular Hbond substituents is 1. The van der Waals surface area contributed by atoms with E-state index in [9.17, 15) is 5.11 Å². The number of rotatable bonds is 2. The molecule has 2 rings (SSSR count). The maximum absolute atomic E-state index is 9.70. The van der Waals surface area contributed by atoms with E-state index in [1.807, 2.05) is 12.1 Å². The predicted octanol–water partition coefficient (Wildman–Crippen LogP) is 2.46. The Labute approximate surface area is 88.0 Å². The van der Waals surface area contributed by atoms with E-state index in [1.165, 1.54) is 0 Å². The number of benzene rings is 1. The molecule has 1 heterocycles. The van der Waals surface area contributed by atoms with Gasteiger partial charge in [0.25, 0.3) is 0 Å². The van der Waals surface area contributed by atoms with E-state index < -0.39 is 0 Å². The van der Waals surface area contributed by atoms with Crippen LogP contribution >= 0.6 is 0 Å². The number of nitrogens with zero attached hydrogens (tertiary/aromatic N) is 1. The Hall–Kier alpha value is -2.03. The SMILES string of the molecule is COc1ccc(O)c(-c2cccnc2)c1. The molecule has 0 unspecified atom stereocenters. The highest BCUT2D eigenvalue weighted by Crippen LogP contribution is 2.31. The first-order valence-corrected chi connectivity index (χ1v) is 4.58. The smallest absolute Gasteiger partial charge is 0.123 e. The number of methoxy groups -OCH3 is 1. The Bertz CT molecular complexity index is 454. The fourth-order valence-electron chi connectivity index (χ4n) is 1.40. The molecule has 0 bridgehead atoms. The second-order valence-corrected chi connectivity index (χ2v) is 3.12. The van der Waals surface area contributed by atoms with Crippen LogP contribution in [0.3, 0.4) is 0 Å². The fraction of sp³-hybridized carbons (Fsp3) is 0.0833. The molecule has 0 fully saturated rings. The van der Waals surface area contributed by atoms with Crippen LogP contribution in [0.5, 0.6) is 11.5 Å². The predicted molar refractivity (Wildman–Crippen MR) is 57.9 cm³/mol. The number of pyridine rings is 1. The number of hydrogen-bond donors (Lipinski definition) is 1. The van der Waals surface area contributed by atoms with Gasteiger partial charge in [0.1, 0.15) is 11.5 Å². The maximum atomic E-state index is 9.70. The third-order valence-corrected chi connectivity index (χ3v) is 2.18. The Balaban J connectivity index is 2.52.